The number of likely N-dealkylation sites (N-methyl/N-ethyl adjacent to an activating group) is 1. The zero-order valence-corrected chi connectivity index (χ0v) is 15.4. The number of nitrogens with zero attached hydrogens (tertiary/aromatic N) is 1. The molecule has 0 aromatic heterocycles. The smallest absolute Gasteiger partial charge is 0.248 e. The molecule has 1 aliphatic rings. The number of anilines is 2. The molecule has 0 radical (unpaired) electrons. The van der Waals surface area contributed by atoms with Gasteiger partial charge in [0.15, 0.2) is 0 Å². The number of nitrogens with one attached hydrogen (secondary N) is 1. The molecular formula is C21H24N2O3. The van der Waals surface area contributed by atoms with Gasteiger partial charge in [-0.2, -0.15) is 0 Å². The second-order valence-electron chi connectivity index (χ2n) is 6.10. The molecule has 0 aliphatic carbocycles. The van der Waals surface area contributed by atoms with Gasteiger partial charge in [0.2, 0.25) is 5.91 Å². The first-order valence-corrected chi connectivity index (χ1v) is 8.73. The monoisotopic (exact) mass is 352 g/mol. The SMILES string of the molecule is CCN1CCc2ccc(NC(=O)/C=C/c3cc(OC)ccc3OC)cc21. The van der Waals surface area contributed by atoms with Crippen LogP contribution in [0.1, 0.15) is 18.1 Å². The number of hydrogen-bond donors (Lipinski definition) is 1. The summed E-state index contributed by atoms with van der Waals surface area (Å²) in [5.41, 5.74) is 4.13. The molecule has 5 nitrogen and oxygen atoms in total. The number of methoxy groups -OCH3 is 2. The molecule has 0 bridgehead atoms. The fourth-order valence-corrected chi connectivity index (χ4v) is 3.17. The van der Waals surface area contributed by atoms with E-state index in [9.17, 15) is 4.79 Å². The van der Waals surface area contributed by atoms with Crippen molar-refractivity contribution in [1.82, 2.24) is 0 Å². The van der Waals surface area contributed by atoms with Gasteiger partial charge >= 0.3 is 0 Å². The Kier molecular flexibility index (Phi) is 5.46. The van der Waals surface area contributed by atoms with Crippen LogP contribution in [0.3, 0.4) is 0 Å². The predicted octanol–water partition coefficient (Wildman–Crippen LogP) is 3.74. The molecule has 1 N–H and O–H groups in total. The Balaban J connectivity index is 1.73. The third kappa shape index (κ3) is 3.82. The second-order valence-corrected chi connectivity index (χ2v) is 6.10. The Hall–Kier alpha value is -2.95. The highest BCUT2D eigenvalue weighted by Gasteiger charge is 2.17. The fourth-order valence-electron chi connectivity index (χ4n) is 3.17. The molecule has 0 atom stereocenters. The zero-order valence-electron chi connectivity index (χ0n) is 15.4. The quantitative estimate of drug-likeness (QED) is 0.805. The molecule has 1 aliphatic heterocycles. The number of carbonyl (C=O) groups is 1. The predicted molar refractivity (Wildman–Crippen MR) is 105 cm³/mol. The van der Waals surface area contributed by atoms with Gasteiger partial charge in [-0.15, -0.1) is 0 Å². The molecule has 1 heterocycles. The van der Waals surface area contributed by atoms with Crippen molar-refractivity contribution in [2.45, 2.75) is 13.3 Å². The summed E-state index contributed by atoms with van der Waals surface area (Å²) in [5.74, 6) is 1.21. The Labute approximate surface area is 154 Å². The largest absolute Gasteiger partial charge is 0.497 e. The lowest BCUT2D eigenvalue weighted by atomic mass is 10.1. The number of fused-ring (bicyclic) bond motifs is 1. The van der Waals surface area contributed by atoms with Gasteiger partial charge in [0, 0.05) is 36.1 Å². The zero-order chi connectivity index (χ0) is 18.5. The van der Waals surface area contributed by atoms with Crippen molar-refractivity contribution in [2.24, 2.45) is 0 Å². The van der Waals surface area contributed by atoms with Crippen LogP contribution in [0, 0.1) is 0 Å². The van der Waals surface area contributed by atoms with Gasteiger partial charge in [0.25, 0.3) is 0 Å². The molecule has 0 saturated carbocycles. The van der Waals surface area contributed by atoms with Crippen molar-refractivity contribution in [2.75, 3.05) is 37.5 Å². The first-order chi connectivity index (χ1) is 12.6. The Morgan fingerprint density at radius 3 is 2.77 bits per heavy atom. The van der Waals surface area contributed by atoms with Crippen LogP contribution in [0.4, 0.5) is 11.4 Å². The molecular weight excluding hydrogens is 328 g/mol. The van der Waals surface area contributed by atoms with E-state index in [0.717, 1.165) is 30.8 Å². The third-order valence-corrected chi connectivity index (χ3v) is 4.58. The number of hydrogen-bond acceptors (Lipinski definition) is 4. The molecule has 2 aromatic rings. The van der Waals surface area contributed by atoms with Gasteiger partial charge in [0.1, 0.15) is 11.5 Å². The molecule has 0 saturated heterocycles. The summed E-state index contributed by atoms with van der Waals surface area (Å²) >= 11 is 0. The van der Waals surface area contributed by atoms with E-state index in [1.165, 1.54) is 17.3 Å². The second kappa shape index (κ2) is 7.95. The van der Waals surface area contributed by atoms with Crippen molar-refractivity contribution in [3.8, 4) is 11.5 Å². The number of benzene rings is 2. The molecule has 26 heavy (non-hydrogen) atoms. The minimum absolute atomic E-state index is 0.184. The van der Waals surface area contributed by atoms with Crippen LogP contribution >= 0.6 is 0 Å². The van der Waals surface area contributed by atoms with E-state index in [2.05, 4.69) is 23.2 Å². The summed E-state index contributed by atoms with van der Waals surface area (Å²) in [4.78, 5) is 14.6. The van der Waals surface area contributed by atoms with Crippen LogP contribution in [0.2, 0.25) is 0 Å². The topological polar surface area (TPSA) is 50.8 Å². The van der Waals surface area contributed by atoms with E-state index in [4.69, 9.17) is 9.47 Å². The standard InChI is InChI=1S/C21H24N2O3/c1-4-23-12-11-15-5-7-17(14-19(15)23)22-21(24)10-6-16-13-18(25-2)8-9-20(16)26-3/h5-10,13-14H,4,11-12H2,1-3H3,(H,22,24)/b10-6+. The molecule has 0 spiro atoms. The molecule has 5 heteroatoms. The number of rotatable bonds is 6. The Morgan fingerprint density at radius 2 is 2.04 bits per heavy atom. The minimum Gasteiger partial charge on any atom is -0.497 e. The summed E-state index contributed by atoms with van der Waals surface area (Å²) in [6, 6.07) is 11.6. The first-order valence-electron chi connectivity index (χ1n) is 8.73. The number of carbonyl (C=O) groups excluding carboxylic acids is 1. The lowest BCUT2D eigenvalue weighted by Crippen LogP contribution is -2.19. The van der Waals surface area contributed by atoms with Crippen molar-refractivity contribution in [1.29, 1.82) is 0 Å². The number of ether oxygens (including phenoxy) is 2. The average molecular weight is 352 g/mol. The van der Waals surface area contributed by atoms with Crippen molar-refractivity contribution in [3.05, 3.63) is 53.6 Å². The maximum absolute atomic E-state index is 12.3. The summed E-state index contributed by atoms with van der Waals surface area (Å²) in [6.45, 7) is 4.16. The number of amides is 1. The van der Waals surface area contributed by atoms with Crippen LogP contribution in [0.15, 0.2) is 42.5 Å². The van der Waals surface area contributed by atoms with E-state index < -0.39 is 0 Å². The van der Waals surface area contributed by atoms with Crippen LogP contribution < -0.4 is 19.7 Å². The van der Waals surface area contributed by atoms with E-state index in [1.54, 1.807) is 20.3 Å². The fraction of sp³-hybridized carbons (Fsp3) is 0.286. The summed E-state index contributed by atoms with van der Waals surface area (Å²) in [7, 11) is 3.21. The summed E-state index contributed by atoms with van der Waals surface area (Å²) < 4.78 is 10.6. The molecule has 1 amide bonds. The normalized spacial score (nSPS) is 13.0. The van der Waals surface area contributed by atoms with Gasteiger partial charge in [-0.3, -0.25) is 4.79 Å². The van der Waals surface area contributed by atoms with E-state index in [0.29, 0.717) is 11.5 Å². The highest BCUT2D eigenvalue weighted by atomic mass is 16.5. The lowest BCUT2D eigenvalue weighted by molar-refractivity contribution is -0.111. The minimum atomic E-state index is -0.184. The maximum Gasteiger partial charge on any atom is 0.248 e. The Morgan fingerprint density at radius 1 is 1.19 bits per heavy atom. The maximum atomic E-state index is 12.3. The van der Waals surface area contributed by atoms with Crippen molar-refractivity contribution in [3.63, 3.8) is 0 Å². The highest BCUT2D eigenvalue weighted by Crippen LogP contribution is 2.30. The van der Waals surface area contributed by atoms with Crippen LogP contribution in [-0.4, -0.2) is 33.2 Å². The molecule has 3 rings (SSSR count). The van der Waals surface area contributed by atoms with Gasteiger partial charge < -0.3 is 19.7 Å². The summed E-state index contributed by atoms with van der Waals surface area (Å²) in [6.07, 6.45) is 4.29. The third-order valence-electron chi connectivity index (χ3n) is 4.58. The highest BCUT2D eigenvalue weighted by molar-refractivity contribution is 6.02. The van der Waals surface area contributed by atoms with Crippen molar-refractivity contribution < 1.29 is 14.3 Å². The van der Waals surface area contributed by atoms with Gasteiger partial charge in [0.05, 0.1) is 14.2 Å². The molecule has 136 valence electrons. The Bertz CT molecular complexity index is 830. The van der Waals surface area contributed by atoms with Gasteiger partial charge in [-0.05, 0) is 55.3 Å². The molecule has 0 unspecified atom stereocenters. The molecule has 2 aromatic carbocycles. The van der Waals surface area contributed by atoms with E-state index in [1.807, 2.05) is 30.3 Å². The van der Waals surface area contributed by atoms with Gasteiger partial charge in [-0.1, -0.05) is 6.07 Å². The van der Waals surface area contributed by atoms with Crippen LogP contribution in [0.25, 0.3) is 6.08 Å². The van der Waals surface area contributed by atoms with E-state index in [-0.39, 0.29) is 5.91 Å². The van der Waals surface area contributed by atoms with E-state index >= 15 is 0 Å². The lowest BCUT2D eigenvalue weighted by Gasteiger charge is -2.17. The van der Waals surface area contributed by atoms with Crippen LogP contribution in [0.5, 0.6) is 11.5 Å². The van der Waals surface area contributed by atoms with Crippen molar-refractivity contribution >= 4 is 23.4 Å². The molecule has 0 fully saturated rings. The van der Waals surface area contributed by atoms with Crippen LogP contribution in [-0.2, 0) is 11.2 Å². The first kappa shape index (κ1) is 17.9. The van der Waals surface area contributed by atoms with Gasteiger partial charge in [-0.25, -0.2) is 0 Å². The average Bonchev–Trinajstić information content (AvgIpc) is 3.08. The summed E-state index contributed by atoms with van der Waals surface area (Å²) in [5, 5.41) is 2.93.